The number of nitro groups is 1. The molecule has 3 aromatic rings. The summed E-state index contributed by atoms with van der Waals surface area (Å²) in [6, 6.07) is 12.3. The van der Waals surface area contributed by atoms with E-state index in [2.05, 4.69) is 20.6 Å². The topological polar surface area (TPSA) is 127 Å². The van der Waals surface area contributed by atoms with Gasteiger partial charge in [-0.2, -0.15) is 4.98 Å². The Morgan fingerprint density at radius 2 is 1.83 bits per heavy atom. The molecule has 1 aromatic heterocycles. The third-order valence-electron chi connectivity index (χ3n) is 4.12. The van der Waals surface area contributed by atoms with Crippen LogP contribution < -0.4 is 10.6 Å². The van der Waals surface area contributed by atoms with Crippen LogP contribution in [0.15, 0.2) is 59.6 Å². The zero-order chi connectivity index (χ0) is 21.9. The van der Waals surface area contributed by atoms with E-state index in [-0.39, 0.29) is 27.4 Å². The molecule has 11 heteroatoms. The van der Waals surface area contributed by atoms with Crippen molar-refractivity contribution in [2.75, 3.05) is 10.6 Å². The molecule has 0 aliphatic rings. The van der Waals surface area contributed by atoms with Gasteiger partial charge in [-0.05, 0) is 32.0 Å². The number of halogens is 1. The van der Waals surface area contributed by atoms with E-state index in [0.29, 0.717) is 11.4 Å². The largest absolute Gasteiger partial charge is 0.338 e. The molecular weight excluding hydrogens is 430 g/mol. The fraction of sp³-hybridized carbons (Fsp3) is 0.158. The van der Waals surface area contributed by atoms with Crippen LogP contribution in [0.5, 0.6) is 0 Å². The molecule has 0 radical (unpaired) electrons. The highest BCUT2D eigenvalue weighted by atomic mass is 35.5. The summed E-state index contributed by atoms with van der Waals surface area (Å²) in [7, 11) is -3.54. The Hall–Kier alpha value is -3.24. The minimum atomic E-state index is -3.54. The molecule has 0 saturated heterocycles. The number of non-ortho nitro benzene ring substituents is 1. The number of sulfone groups is 1. The van der Waals surface area contributed by atoms with Crippen molar-refractivity contribution in [3.63, 3.8) is 0 Å². The molecule has 2 aromatic carbocycles. The van der Waals surface area contributed by atoms with Gasteiger partial charge in [-0.3, -0.25) is 10.1 Å². The first-order valence-electron chi connectivity index (χ1n) is 8.82. The van der Waals surface area contributed by atoms with Crippen molar-refractivity contribution in [2.24, 2.45) is 0 Å². The van der Waals surface area contributed by atoms with Crippen LogP contribution in [0.4, 0.5) is 28.8 Å². The van der Waals surface area contributed by atoms with Gasteiger partial charge in [-0.1, -0.05) is 29.8 Å². The van der Waals surface area contributed by atoms with Gasteiger partial charge in [0.1, 0.15) is 5.02 Å². The molecule has 3 rings (SSSR count). The third-order valence-corrected chi connectivity index (χ3v) is 6.61. The summed E-state index contributed by atoms with van der Waals surface area (Å²) < 4.78 is 25.3. The second kappa shape index (κ2) is 8.64. The molecule has 0 fully saturated rings. The molecule has 30 heavy (non-hydrogen) atoms. The minimum Gasteiger partial charge on any atom is -0.338 e. The van der Waals surface area contributed by atoms with E-state index in [4.69, 9.17) is 11.6 Å². The van der Waals surface area contributed by atoms with Crippen LogP contribution in [0.25, 0.3) is 0 Å². The standard InChI is InChI=1S/C19H18ClN5O4S/c1-12(2)30(28,29)17-9-4-3-8-16(17)23-18-15(20)11-21-19(24-18)22-13-6-5-7-14(10-13)25(26)27/h3-12H,1-2H3,(H2,21,22,23,24). The van der Waals surface area contributed by atoms with Gasteiger partial charge in [0.2, 0.25) is 5.95 Å². The smallest absolute Gasteiger partial charge is 0.271 e. The number of aromatic nitrogens is 2. The predicted molar refractivity (Wildman–Crippen MR) is 115 cm³/mol. The Labute approximate surface area is 178 Å². The summed E-state index contributed by atoms with van der Waals surface area (Å²) in [5.41, 5.74) is 0.661. The lowest BCUT2D eigenvalue weighted by Crippen LogP contribution is -2.15. The zero-order valence-electron chi connectivity index (χ0n) is 16.0. The molecule has 1 heterocycles. The highest BCUT2D eigenvalue weighted by molar-refractivity contribution is 7.92. The number of nitrogens with one attached hydrogen (secondary N) is 2. The molecule has 0 aliphatic carbocycles. The second-order valence-electron chi connectivity index (χ2n) is 6.54. The van der Waals surface area contributed by atoms with Crippen LogP contribution in [0, 0.1) is 10.1 Å². The molecular formula is C19H18ClN5O4S. The van der Waals surface area contributed by atoms with Crippen molar-refractivity contribution in [2.45, 2.75) is 24.0 Å². The molecule has 0 aliphatic heterocycles. The Morgan fingerprint density at radius 1 is 1.10 bits per heavy atom. The van der Waals surface area contributed by atoms with Crippen LogP contribution in [-0.4, -0.2) is 28.6 Å². The normalized spacial score (nSPS) is 11.3. The van der Waals surface area contributed by atoms with Gasteiger partial charge >= 0.3 is 0 Å². The van der Waals surface area contributed by atoms with Gasteiger partial charge in [0.25, 0.3) is 5.69 Å². The number of nitrogens with zero attached hydrogens (tertiary/aromatic N) is 3. The number of rotatable bonds is 7. The van der Waals surface area contributed by atoms with Crippen molar-refractivity contribution < 1.29 is 13.3 Å². The summed E-state index contributed by atoms with van der Waals surface area (Å²) >= 11 is 6.19. The van der Waals surface area contributed by atoms with Crippen molar-refractivity contribution >= 4 is 50.3 Å². The Balaban J connectivity index is 1.93. The quantitative estimate of drug-likeness (QED) is 0.393. The Bertz CT molecular complexity index is 1200. The first-order chi connectivity index (χ1) is 14.2. The number of anilines is 4. The van der Waals surface area contributed by atoms with Crippen LogP contribution in [-0.2, 0) is 9.84 Å². The van der Waals surface area contributed by atoms with Crippen LogP contribution in [0.1, 0.15) is 13.8 Å². The Morgan fingerprint density at radius 3 is 2.53 bits per heavy atom. The van der Waals surface area contributed by atoms with Crippen LogP contribution >= 0.6 is 11.6 Å². The predicted octanol–water partition coefficient (Wildman–Crippen LogP) is 4.71. The van der Waals surface area contributed by atoms with Gasteiger partial charge in [0.05, 0.1) is 27.0 Å². The summed E-state index contributed by atoms with van der Waals surface area (Å²) in [5.74, 6) is 0.317. The third kappa shape index (κ3) is 4.66. The number of benzene rings is 2. The molecule has 9 nitrogen and oxygen atoms in total. The first-order valence-corrected chi connectivity index (χ1v) is 10.7. The molecule has 0 spiro atoms. The van der Waals surface area contributed by atoms with E-state index < -0.39 is 20.0 Å². The number of hydrogen-bond donors (Lipinski definition) is 2. The van der Waals surface area contributed by atoms with E-state index in [1.165, 1.54) is 30.5 Å². The number of para-hydroxylation sites is 1. The number of hydrogen-bond acceptors (Lipinski definition) is 8. The number of nitro benzene ring substituents is 1. The van der Waals surface area contributed by atoms with Crippen molar-refractivity contribution in [1.82, 2.24) is 9.97 Å². The van der Waals surface area contributed by atoms with Crippen molar-refractivity contribution in [3.05, 3.63) is 69.9 Å². The lowest BCUT2D eigenvalue weighted by Gasteiger charge is -2.15. The van der Waals surface area contributed by atoms with Gasteiger partial charge in [-0.15, -0.1) is 0 Å². The highest BCUT2D eigenvalue weighted by Crippen LogP contribution is 2.30. The monoisotopic (exact) mass is 447 g/mol. The molecule has 0 saturated carbocycles. The SMILES string of the molecule is CC(C)S(=O)(=O)c1ccccc1Nc1nc(Nc2cccc([N+](=O)[O-])c2)ncc1Cl. The molecule has 0 atom stereocenters. The van der Waals surface area contributed by atoms with Crippen molar-refractivity contribution in [3.8, 4) is 0 Å². The molecule has 0 bridgehead atoms. The molecule has 0 amide bonds. The van der Waals surface area contributed by atoms with E-state index in [9.17, 15) is 18.5 Å². The average Bonchev–Trinajstić information content (AvgIpc) is 2.71. The lowest BCUT2D eigenvalue weighted by atomic mass is 10.3. The maximum Gasteiger partial charge on any atom is 0.271 e. The first kappa shape index (κ1) is 21.5. The van der Waals surface area contributed by atoms with E-state index in [1.807, 2.05) is 0 Å². The highest BCUT2D eigenvalue weighted by Gasteiger charge is 2.23. The summed E-state index contributed by atoms with van der Waals surface area (Å²) in [6.07, 6.45) is 1.34. The Kier molecular flexibility index (Phi) is 6.18. The fourth-order valence-electron chi connectivity index (χ4n) is 2.54. The van der Waals surface area contributed by atoms with Crippen molar-refractivity contribution in [1.29, 1.82) is 0 Å². The van der Waals surface area contributed by atoms with Crippen LogP contribution in [0.2, 0.25) is 5.02 Å². The summed E-state index contributed by atoms with van der Waals surface area (Å²) in [4.78, 5) is 18.9. The van der Waals surface area contributed by atoms with E-state index in [1.54, 1.807) is 38.1 Å². The van der Waals surface area contributed by atoms with Crippen LogP contribution in [0.3, 0.4) is 0 Å². The maximum atomic E-state index is 12.6. The molecule has 156 valence electrons. The molecule has 2 N–H and O–H groups in total. The summed E-state index contributed by atoms with van der Waals surface area (Å²) in [6.45, 7) is 3.20. The average molecular weight is 448 g/mol. The van der Waals surface area contributed by atoms with Gasteiger partial charge in [0.15, 0.2) is 15.7 Å². The van der Waals surface area contributed by atoms with Gasteiger partial charge < -0.3 is 10.6 Å². The maximum absolute atomic E-state index is 12.6. The van der Waals surface area contributed by atoms with E-state index >= 15 is 0 Å². The zero-order valence-corrected chi connectivity index (χ0v) is 17.6. The molecule has 0 unspecified atom stereocenters. The van der Waals surface area contributed by atoms with Gasteiger partial charge in [0, 0.05) is 17.8 Å². The summed E-state index contributed by atoms with van der Waals surface area (Å²) in [5, 5.41) is 16.3. The second-order valence-corrected chi connectivity index (χ2v) is 9.42. The minimum absolute atomic E-state index is 0.0832. The van der Waals surface area contributed by atoms with E-state index in [0.717, 1.165) is 0 Å². The fourth-order valence-corrected chi connectivity index (χ4v) is 3.88. The van der Waals surface area contributed by atoms with Gasteiger partial charge in [-0.25, -0.2) is 13.4 Å². The lowest BCUT2D eigenvalue weighted by molar-refractivity contribution is -0.384.